The first kappa shape index (κ1) is 17.0. The summed E-state index contributed by atoms with van der Waals surface area (Å²) in [5.41, 5.74) is 1.87. The molecule has 1 aliphatic rings. The van der Waals surface area contributed by atoms with Gasteiger partial charge >= 0.3 is 0 Å². The molecule has 1 aliphatic heterocycles. The minimum absolute atomic E-state index is 0.0782. The number of rotatable bonds is 3. The molecule has 0 fully saturated rings. The van der Waals surface area contributed by atoms with Crippen LogP contribution in [0.15, 0.2) is 66.1 Å². The second-order valence-corrected chi connectivity index (χ2v) is 9.20. The van der Waals surface area contributed by atoms with Crippen LogP contribution in [0, 0.1) is 6.92 Å². The highest BCUT2D eigenvalue weighted by Gasteiger charge is 2.41. The van der Waals surface area contributed by atoms with Crippen LogP contribution in [-0.2, 0) is 21.2 Å². The van der Waals surface area contributed by atoms with E-state index in [0.29, 0.717) is 0 Å². The van der Waals surface area contributed by atoms with Crippen molar-refractivity contribution < 1.29 is 13.2 Å². The molecule has 2 heterocycles. The number of hydrogen-bond acceptors (Lipinski definition) is 4. The molecule has 4 nitrogen and oxygen atoms in total. The zero-order valence-electron chi connectivity index (χ0n) is 14.2. The van der Waals surface area contributed by atoms with Gasteiger partial charge in [0.2, 0.25) is 5.91 Å². The van der Waals surface area contributed by atoms with Gasteiger partial charge in [0.05, 0.1) is 11.3 Å². The smallest absolute Gasteiger partial charge is 0.267 e. The van der Waals surface area contributed by atoms with Crippen LogP contribution in [0.25, 0.3) is 10.1 Å². The lowest BCUT2D eigenvalue weighted by atomic mass is 9.99. The largest absolute Gasteiger partial charge is 0.273 e. The van der Waals surface area contributed by atoms with Crippen LogP contribution in [0.4, 0.5) is 0 Å². The van der Waals surface area contributed by atoms with E-state index in [0.717, 1.165) is 30.4 Å². The second-order valence-electron chi connectivity index (χ2n) is 6.31. The number of benzene rings is 2. The van der Waals surface area contributed by atoms with Crippen molar-refractivity contribution in [2.24, 2.45) is 0 Å². The summed E-state index contributed by atoms with van der Waals surface area (Å²) in [6.07, 6.45) is 1.62. The number of fused-ring (bicyclic) bond motifs is 3. The van der Waals surface area contributed by atoms with Crippen LogP contribution in [-0.4, -0.2) is 18.6 Å². The Kier molecular flexibility index (Phi) is 3.97. The molecule has 0 bridgehead atoms. The van der Waals surface area contributed by atoms with E-state index in [-0.39, 0.29) is 11.3 Å². The van der Waals surface area contributed by atoms with Gasteiger partial charge in [0.15, 0.2) is 0 Å². The van der Waals surface area contributed by atoms with Gasteiger partial charge in [0.25, 0.3) is 10.0 Å². The first-order valence-electron chi connectivity index (χ1n) is 8.20. The number of thiophene rings is 1. The Balaban J connectivity index is 1.88. The van der Waals surface area contributed by atoms with Crippen molar-refractivity contribution in [3.8, 4) is 0 Å². The van der Waals surface area contributed by atoms with Gasteiger partial charge in [-0.3, -0.25) is 4.79 Å². The summed E-state index contributed by atoms with van der Waals surface area (Å²) in [7, 11) is -3.95. The molecule has 26 heavy (non-hydrogen) atoms. The molecule has 1 aromatic heterocycles. The SMILES string of the molecule is C=CC1c2sc3ccccc3c2CC(=O)N1S(=O)(=O)c1ccc(C)cc1. The third kappa shape index (κ3) is 2.48. The molecule has 0 saturated carbocycles. The Morgan fingerprint density at radius 3 is 2.54 bits per heavy atom. The molecule has 0 spiro atoms. The highest BCUT2D eigenvalue weighted by Crippen LogP contribution is 2.43. The van der Waals surface area contributed by atoms with Crippen LogP contribution in [0.2, 0.25) is 0 Å². The fourth-order valence-electron chi connectivity index (χ4n) is 3.34. The predicted molar refractivity (Wildman–Crippen MR) is 104 cm³/mol. The van der Waals surface area contributed by atoms with Crippen LogP contribution < -0.4 is 0 Å². The quantitative estimate of drug-likeness (QED) is 0.637. The topological polar surface area (TPSA) is 54.5 Å². The predicted octanol–water partition coefficient (Wildman–Crippen LogP) is 4.21. The molecule has 6 heteroatoms. The number of aryl methyl sites for hydroxylation is 1. The minimum atomic E-state index is -3.95. The number of carbonyl (C=O) groups excluding carboxylic acids is 1. The molecule has 0 saturated heterocycles. The highest BCUT2D eigenvalue weighted by molar-refractivity contribution is 7.89. The molecule has 0 N–H and O–H groups in total. The van der Waals surface area contributed by atoms with Gasteiger partial charge in [-0.1, -0.05) is 42.0 Å². The standard InChI is InChI=1S/C20H17NO3S2/c1-3-17-20-16(15-6-4-5-7-18(15)25-20)12-19(22)21(17)26(23,24)14-10-8-13(2)9-11-14/h3-11,17H,1,12H2,2H3. The van der Waals surface area contributed by atoms with Crippen molar-refractivity contribution in [2.75, 3.05) is 0 Å². The van der Waals surface area contributed by atoms with E-state index >= 15 is 0 Å². The summed E-state index contributed by atoms with van der Waals surface area (Å²) in [4.78, 5) is 13.8. The van der Waals surface area contributed by atoms with Crippen LogP contribution >= 0.6 is 11.3 Å². The summed E-state index contributed by atoms with van der Waals surface area (Å²) in [6, 6.07) is 13.7. The van der Waals surface area contributed by atoms with Crippen LogP contribution in [0.1, 0.15) is 22.0 Å². The molecule has 1 amide bonds. The van der Waals surface area contributed by atoms with Crippen LogP contribution in [0.5, 0.6) is 0 Å². The second kappa shape index (κ2) is 6.07. The van der Waals surface area contributed by atoms with E-state index in [9.17, 15) is 13.2 Å². The van der Waals surface area contributed by atoms with Crippen LogP contribution in [0.3, 0.4) is 0 Å². The van der Waals surface area contributed by atoms with Gasteiger partial charge in [0.1, 0.15) is 6.04 Å². The molecule has 0 aliphatic carbocycles. The van der Waals surface area contributed by atoms with E-state index in [4.69, 9.17) is 0 Å². The van der Waals surface area contributed by atoms with Gasteiger partial charge < -0.3 is 0 Å². The Hall–Kier alpha value is -2.44. The van der Waals surface area contributed by atoms with Gasteiger partial charge in [-0.25, -0.2) is 12.7 Å². The lowest BCUT2D eigenvalue weighted by molar-refractivity contribution is -0.127. The maximum absolute atomic E-state index is 13.2. The highest BCUT2D eigenvalue weighted by atomic mass is 32.2. The number of nitrogens with zero attached hydrogens (tertiary/aromatic N) is 1. The number of carbonyl (C=O) groups is 1. The van der Waals surface area contributed by atoms with E-state index in [1.54, 1.807) is 24.3 Å². The normalized spacial score (nSPS) is 17.3. The average Bonchev–Trinajstić information content (AvgIpc) is 2.99. The summed E-state index contributed by atoms with van der Waals surface area (Å²) in [5, 5.41) is 1.01. The first-order valence-corrected chi connectivity index (χ1v) is 10.5. The summed E-state index contributed by atoms with van der Waals surface area (Å²) in [6.45, 7) is 5.70. The molecule has 3 aromatic rings. The number of sulfonamides is 1. The van der Waals surface area contributed by atoms with Crippen molar-refractivity contribution in [3.05, 3.63) is 77.2 Å². The van der Waals surface area contributed by atoms with E-state index in [1.807, 2.05) is 31.2 Å². The lowest BCUT2D eigenvalue weighted by Crippen LogP contribution is -2.43. The minimum Gasteiger partial charge on any atom is -0.273 e. The third-order valence-corrected chi connectivity index (χ3v) is 7.73. The van der Waals surface area contributed by atoms with Crippen molar-refractivity contribution in [3.63, 3.8) is 0 Å². The van der Waals surface area contributed by atoms with E-state index < -0.39 is 22.0 Å². The fraction of sp³-hybridized carbons (Fsp3) is 0.150. The average molecular weight is 383 g/mol. The third-order valence-electron chi connectivity index (χ3n) is 4.63. The molecule has 1 unspecified atom stereocenters. The van der Waals surface area contributed by atoms with Gasteiger partial charge in [0, 0.05) is 9.58 Å². The van der Waals surface area contributed by atoms with Crippen molar-refractivity contribution in [1.29, 1.82) is 0 Å². The zero-order valence-corrected chi connectivity index (χ0v) is 15.8. The Morgan fingerprint density at radius 2 is 1.85 bits per heavy atom. The molecule has 1 atom stereocenters. The van der Waals surface area contributed by atoms with E-state index in [1.165, 1.54) is 17.4 Å². The number of amides is 1. The molecular weight excluding hydrogens is 366 g/mol. The maximum Gasteiger partial charge on any atom is 0.267 e. The molecule has 132 valence electrons. The molecule has 0 radical (unpaired) electrons. The molecule has 2 aromatic carbocycles. The molecular formula is C20H17NO3S2. The Labute approximate surface area is 156 Å². The van der Waals surface area contributed by atoms with Crippen molar-refractivity contribution in [1.82, 2.24) is 4.31 Å². The van der Waals surface area contributed by atoms with Crippen molar-refractivity contribution >= 4 is 37.4 Å². The summed E-state index contributed by atoms with van der Waals surface area (Å²) >= 11 is 1.52. The first-order chi connectivity index (χ1) is 12.4. The summed E-state index contributed by atoms with van der Waals surface area (Å²) in [5.74, 6) is -0.425. The Bertz CT molecular complexity index is 1130. The van der Waals surface area contributed by atoms with Gasteiger partial charge in [-0.05, 0) is 36.1 Å². The number of hydrogen-bond donors (Lipinski definition) is 0. The molecule has 4 rings (SSSR count). The van der Waals surface area contributed by atoms with Gasteiger partial charge in [-0.15, -0.1) is 17.9 Å². The lowest BCUT2D eigenvalue weighted by Gasteiger charge is -2.32. The van der Waals surface area contributed by atoms with Gasteiger partial charge in [-0.2, -0.15) is 0 Å². The fourth-order valence-corrected chi connectivity index (χ4v) is 6.25. The monoisotopic (exact) mass is 383 g/mol. The zero-order chi connectivity index (χ0) is 18.5. The Morgan fingerprint density at radius 1 is 1.15 bits per heavy atom. The van der Waals surface area contributed by atoms with Crippen molar-refractivity contribution in [2.45, 2.75) is 24.3 Å². The summed E-state index contributed by atoms with van der Waals surface area (Å²) < 4.78 is 28.4. The van der Waals surface area contributed by atoms with E-state index in [2.05, 4.69) is 6.58 Å². The maximum atomic E-state index is 13.2.